The summed E-state index contributed by atoms with van der Waals surface area (Å²) in [5, 5.41) is 0. The molecule has 0 saturated carbocycles. The second kappa shape index (κ2) is 3.35. The Morgan fingerprint density at radius 3 is 2.80 bits per heavy atom. The van der Waals surface area contributed by atoms with Crippen LogP contribution in [0.4, 0.5) is 0 Å². The van der Waals surface area contributed by atoms with E-state index in [4.69, 9.17) is 4.74 Å². The number of hydrogen-bond donors (Lipinski definition) is 0. The van der Waals surface area contributed by atoms with Gasteiger partial charge in [-0.25, -0.2) is 0 Å². The lowest BCUT2D eigenvalue weighted by molar-refractivity contribution is -0.130. The molecule has 3 rings (SSSR count). The molecule has 2 fully saturated rings. The summed E-state index contributed by atoms with van der Waals surface area (Å²) in [6.45, 7) is 0.854. The van der Waals surface area contributed by atoms with Crippen LogP contribution in [0.1, 0.15) is 24.5 Å². The molecule has 0 aromatic heterocycles. The summed E-state index contributed by atoms with van der Waals surface area (Å²) in [5.41, 5.74) is 0.969. The molecule has 0 bridgehead atoms. The molecular formula is C12H13NO2. The van der Waals surface area contributed by atoms with Gasteiger partial charge in [0.15, 0.2) is 6.10 Å². The molecule has 2 aliphatic heterocycles. The predicted molar refractivity (Wildman–Crippen MR) is 55.0 cm³/mol. The maximum atomic E-state index is 12.0. The van der Waals surface area contributed by atoms with E-state index in [1.54, 1.807) is 0 Å². The van der Waals surface area contributed by atoms with E-state index >= 15 is 0 Å². The molecule has 2 saturated heterocycles. The maximum Gasteiger partial charge on any atom is 0.258 e. The number of benzene rings is 1. The Hall–Kier alpha value is -1.35. The van der Waals surface area contributed by atoms with Crippen LogP contribution in [0.2, 0.25) is 0 Å². The zero-order valence-electron chi connectivity index (χ0n) is 8.43. The Labute approximate surface area is 88.6 Å². The molecule has 1 aromatic carbocycles. The van der Waals surface area contributed by atoms with Gasteiger partial charge in [-0.15, -0.1) is 0 Å². The van der Waals surface area contributed by atoms with Crippen molar-refractivity contribution in [3.05, 3.63) is 35.9 Å². The van der Waals surface area contributed by atoms with Gasteiger partial charge < -0.3 is 9.64 Å². The number of ether oxygens (including phenoxy) is 1. The Balaban J connectivity index is 1.88. The number of carbonyl (C=O) groups excluding carboxylic acids is 1. The number of amides is 1. The third-order valence-electron chi connectivity index (χ3n) is 3.10. The van der Waals surface area contributed by atoms with Crippen molar-refractivity contribution in [1.82, 2.24) is 4.90 Å². The van der Waals surface area contributed by atoms with E-state index in [1.165, 1.54) is 0 Å². The number of carbonyl (C=O) groups is 1. The molecule has 0 radical (unpaired) electrons. The smallest absolute Gasteiger partial charge is 0.258 e. The molecule has 0 spiro atoms. The SMILES string of the molecule is O=C1[C@@H](c2ccccc2)O[C@@H]2CCCN12. The largest absolute Gasteiger partial charge is 0.340 e. The fraction of sp³-hybridized carbons (Fsp3) is 0.417. The van der Waals surface area contributed by atoms with E-state index in [0.29, 0.717) is 0 Å². The quantitative estimate of drug-likeness (QED) is 0.695. The van der Waals surface area contributed by atoms with Crippen LogP contribution < -0.4 is 0 Å². The molecule has 15 heavy (non-hydrogen) atoms. The Kier molecular flexibility index (Phi) is 1.99. The molecule has 2 atom stereocenters. The average Bonchev–Trinajstić information content (AvgIpc) is 2.83. The van der Waals surface area contributed by atoms with E-state index in [2.05, 4.69) is 0 Å². The van der Waals surface area contributed by atoms with Crippen molar-refractivity contribution in [2.45, 2.75) is 25.2 Å². The van der Waals surface area contributed by atoms with Crippen LogP contribution >= 0.6 is 0 Å². The normalized spacial score (nSPS) is 29.6. The highest BCUT2D eigenvalue weighted by Gasteiger charge is 2.43. The minimum Gasteiger partial charge on any atom is -0.340 e. The van der Waals surface area contributed by atoms with Gasteiger partial charge in [-0.2, -0.15) is 0 Å². The first-order valence-electron chi connectivity index (χ1n) is 5.37. The highest BCUT2D eigenvalue weighted by atomic mass is 16.5. The van der Waals surface area contributed by atoms with E-state index < -0.39 is 0 Å². The van der Waals surface area contributed by atoms with Gasteiger partial charge in [0.1, 0.15) is 6.23 Å². The third kappa shape index (κ3) is 1.35. The second-order valence-corrected chi connectivity index (χ2v) is 4.06. The monoisotopic (exact) mass is 203 g/mol. The maximum absolute atomic E-state index is 12.0. The Morgan fingerprint density at radius 2 is 2.07 bits per heavy atom. The number of nitrogens with zero attached hydrogens (tertiary/aromatic N) is 1. The van der Waals surface area contributed by atoms with Crippen LogP contribution in [0.5, 0.6) is 0 Å². The van der Waals surface area contributed by atoms with Gasteiger partial charge in [-0.05, 0) is 18.4 Å². The van der Waals surface area contributed by atoms with Gasteiger partial charge >= 0.3 is 0 Å². The first-order valence-corrected chi connectivity index (χ1v) is 5.37. The van der Waals surface area contributed by atoms with Crippen molar-refractivity contribution >= 4 is 5.91 Å². The number of fused-ring (bicyclic) bond motifs is 1. The minimum atomic E-state index is -0.364. The molecule has 0 aliphatic carbocycles. The van der Waals surface area contributed by atoms with Crippen molar-refractivity contribution in [2.75, 3.05) is 6.54 Å². The van der Waals surface area contributed by atoms with Gasteiger partial charge in [-0.3, -0.25) is 4.79 Å². The summed E-state index contributed by atoms with van der Waals surface area (Å²) in [4.78, 5) is 13.8. The summed E-state index contributed by atoms with van der Waals surface area (Å²) in [5.74, 6) is 0.128. The fourth-order valence-corrected chi connectivity index (χ4v) is 2.34. The highest BCUT2D eigenvalue weighted by Crippen LogP contribution is 2.35. The van der Waals surface area contributed by atoms with Crippen LogP contribution in [0.15, 0.2) is 30.3 Å². The predicted octanol–water partition coefficient (Wildman–Crippen LogP) is 1.71. The minimum absolute atomic E-state index is 0.0303. The standard InChI is InChI=1S/C12H13NO2/c14-12-11(9-5-2-1-3-6-9)15-10-7-4-8-13(10)12/h1-3,5-6,10-11H,4,7-8H2/t10-,11-/m1/s1. The molecule has 0 N–H and O–H groups in total. The molecule has 3 nitrogen and oxygen atoms in total. The van der Waals surface area contributed by atoms with Crippen molar-refractivity contribution in [1.29, 1.82) is 0 Å². The zero-order valence-corrected chi connectivity index (χ0v) is 8.43. The first-order chi connectivity index (χ1) is 7.36. The molecule has 3 heteroatoms. The summed E-state index contributed by atoms with van der Waals surface area (Å²) >= 11 is 0. The third-order valence-corrected chi connectivity index (χ3v) is 3.10. The molecule has 78 valence electrons. The van der Waals surface area contributed by atoms with Gasteiger partial charge in [-0.1, -0.05) is 30.3 Å². The lowest BCUT2D eigenvalue weighted by atomic mass is 10.1. The van der Waals surface area contributed by atoms with Crippen LogP contribution in [0.3, 0.4) is 0 Å². The Morgan fingerprint density at radius 1 is 1.27 bits per heavy atom. The average molecular weight is 203 g/mol. The van der Waals surface area contributed by atoms with Crippen LogP contribution in [0, 0.1) is 0 Å². The molecule has 0 unspecified atom stereocenters. The Bertz CT molecular complexity index is 376. The topological polar surface area (TPSA) is 29.5 Å². The van der Waals surface area contributed by atoms with Crippen molar-refractivity contribution in [2.24, 2.45) is 0 Å². The highest BCUT2D eigenvalue weighted by molar-refractivity contribution is 5.84. The van der Waals surface area contributed by atoms with E-state index in [9.17, 15) is 4.79 Å². The van der Waals surface area contributed by atoms with Crippen LogP contribution in [0.25, 0.3) is 0 Å². The first kappa shape index (κ1) is 8.92. The second-order valence-electron chi connectivity index (χ2n) is 4.06. The van der Waals surface area contributed by atoms with Gasteiger partial charge in [0.2, 0.25) is 0 Å². The molecular weight excluding hydrogens is 190 g/mol. The zero-order chi connectivity index (χ0) is 10.3. The van der Waals surface area contributed by atoms with Crippen molar-refractivity contribution < 1.29 is 9.53 Å². The molecule has 2 heterocycles. The van der Waals surface area contributed by atoms with E-state index in [0.717, 1.165) is 24.9 Å². The number of hydrogen-bond acceptors (Lipinski definition) is 2. The fourth-order valence-electron chi connectivity index (χ4n) is 2.34. The number of rotatable bonds is 1. The molecule has 1 aromatic rings. The lowest BCUT2D eigenvalue weighted by Gasteiger charge is -2.11. The van der Waals surface area contributed by atoms with Gasteiger partial charge in [0, 0.05) is 6.54 Å². The summed E-state index contributed by atoms with van der Waals surface area (Å²) in [6.07, 6.45) is 1.71. The van der Waals surface area contributed by atoms with Crippen LogP contribution in [-0.4, -0.2) is 23.6 Å². The van der Waals surface area contributed by atoms with E-state index in [1.807, 2.05) is 35.2 Å². The summed E-state index contributed by atoms with van der Waals surface area (Å²) in [7, 11) is 0. The summed E-state index contributed by atoms with van der Waals surface area (Å²) in [6, 6.07) is 9.73. The lowest BCUT2D eigenvalue weighted by Crippen LogP contribution is -2.28. The van der Waals surface area contributed by atoms with Gasteiger partial charge in [0.05, 0.1) is 0 Å². The van der Waals surface area contributed by atoms with Crippen molar-refractivity contribution in [3.63, 3.8) is 0 Å². The molecule has 1 amide bonds. The van der Waals surface area contributed by atoms with Crippen LogP contribution in [-0.2, 0) is 9.53 Å². The summed E-state index contributed by atoms with van der Waals surface area (Å²) < 4.78 is 5.76. The molecule has 2 aliphatic rings. The van der Waals surface area contributed by atoms with E-state index in [-0.39, 0.29) is 18.2 Å². The van der Waals surface area contributed by atoms with Crippen molar-refractivity contribution in [3.8, 4) is 0 Å². The van der Waals surface area contributed by atoms with Gasteiger partial charge in [0.25, 0.3) is 5.91 Å².